The maximum atomic E-state index is 13.9. The molecule has 0 aliphatic carbocycles. The third kappa shape index (κ3) is 11.2. The highest BCUT2D eigenvalue weighted by Crippen LogP contribution is 2.31. The van der Waals surface area contributed by atoms with Crippen molar-refractivity contribution in [3.63, 3.8) is 0 Å². The molecule has 0 spiro atoms. The molecule has 2 heterocycles. The Bertz CT molecular complexity index is 2180. The van der Waals surface area contributed by atoms with Crippen molar-refractivity contribution in [2.75, 3.05) is 13.1 Å². The normalized spacial score (nSPS) is 19.7. The van der Waals surface area contributed by atoms with Crippen LogP contribution in [0.4, 0.5) is 0 Å². The van der Waals surface area contributed by atoms with Gasteiger partial charge in [0.2, 0.25) is 29.5 Å². The lowest BCUT2D eigenvalue weighted by Gasteiger charge is -2.24. The number of benzene rings is 3. The zero-order chi connectivity index (χ0) is 41.1. The lowest BCUT2D eigenvalue weighted by Crippen LogP contribution is -2.58. The number of H-pyrrole nitrogens is 1. The molecule has 18 heteroatoms. The molecule has 0 saturated heterocycles. The molecule has 298 valence electrons. The van der Waals surface area contributed by atoms with Crippen LogP contribution < -0.4 is 43.8 Å². The van der Waals surface area contributed by atoms with E-state index in [2.05, 4.69) is 36.6 Å². The molecule has 0 radical (unpaired) electrons. The fraction of sp³-hybridized carbons (Fsp3) is 0.282. The van der Waals surface area contributed by atoms with Crippen LogP contribution in [0.15, 0.2) is 84.0 Å². The van der Waals surface area contributed by atoms with E-state index in [0.29, 0.717) is 33.2 Å². The second kappa shape index (κ2) is 18.9. The number of fused-ring (bicyclic) bond motifs is 3. The molecule has 4 atom stereocenters. The summed E-state index contributed by atoms with van der Waals surface area (Å²) >= 11 is 0. The number of hydrogen-bond acceptors (Lipinski definition) is 8. The Morgan fingerprint density at radius 2 is 1.49 bits per heavy atom. The molecule has 0 unspecified atom stereocenters. The maximum Gasteiger partial charge on any atom is 0.305 e. The molecular formula is C39H44N10O8. The average Bonchev–Trinajstić information content (AvgIpc) is 3.59. The van der Waals surface area contributed by atoms with Crippen LogP contribution in [0.25, 0.3) is 22.0 Å². The first-order chi connectivity index (χ1) is 27.3. The lowest BCUT2D eigenvalue weighted by molar-refractivity contribution is -0.141. The van der Waals surface area contributed by atoms with Gasteiger partial charge in [-0.25, -0.2) is 0 Å². The number of nitrogens with zero attached hydrogens (tertiary/aromatic N) is 1. The summed E-state index contributed by atoms with van der Waals surface area (Å²) in [4.78, 5) is 99.4. The van der Waals surface area contributed by atoms with Crippen molar-refractivity contribution < 1.29 is 38.7 Å². The number of carboxylic acids is 1. The minimum absolute atomic E-state index is 0.0394. The van der Waals surface area contributed by atoms with Crippen molar-refractivity contribution in [3.8, 4) is 11.1 Å². The number of guanidine groups is 1. The van der Waals surface area contributed by atoms with Crippen molar-refractivity contribution in [1.82, 2.24) is 31.6 Å². The second-order valence-electron chi connectivity index (χ2n) is 13.5. The molecule has 3 aromatic carbocycles. The van der Waals surface area contributed by atoms with Crippen LogP contribution in [0.3, 0.4) is 0 Å². The lowest BCUT2D eigenvalue weighted by atomic mass is 9.97. The minimum Gasteiger partial charge on any atom is -0.481 e. The summed E-state index contributed by atoms with van der Waals surface area (Å²) in [7, 11) is 0. The van der Waals surface area contributed by atoms with Gasteiger partial charge in [-0.15, -0.1) is 0 Å². The predicted molar refractivity (Wildman–Crippen MR) is 209 cm³/mol. The van der Waals surface area contributed by atoms with Crippen molar-refractivity contribution in [3.05, 3.63) is 95.7 Å². The predicted octanol–water partition coefficient (Wildman–Crippen LogP) is -0.684. The minimum atomic E-state index is -1.69. The number of carbonyl (C=O) groups excluding carboxylic acids is 6. The molecule has 0 fully saturated rings. The average molecular weight is 781 g/mol. The van der Waals surface area contributed by atoms with E-state index in [1.165, 1.54) is 0 Å². The summed E-state index contributed by atoms with van der Waals surface area (Å²) in [5.74, 6) is -6.52. The highest BCUT2D eigenvalue weighted by molar-refractivity contribution is 6.02. The van der Waals surface area contributed by atoms with Gasteiger partial charge in [-0.3, -0.25) is 38.6 Å². The van der Waals surface area contributed by atoms with Gasteiger partial charge < -0.3 is 53.9 Å². The Labute approximate surface area is 326 Å². The summed E-state index contributed by atoms with van der Waals surface area (Å²) in [6, 6.07) is 15.4. The number of carboxylic acid groups (broad SMARTS) is 1. The molecule has 1 aliphatic rings. The van der Waals surface area contributed by atoms with Gasteiger partial charge in [-0.2, -0.15) is 0 Å². The van der Waals surface area contributed by atoms with E-state index in [9.17, 15) is 38.7 Å². The molecular weight excluding hydrogens is 736 g/mol. The molecule has 1 aromatic heterocycles. The first-order valence-corrected chi connectivity index (χ1v) is 18.1. The number of aromatic nitrogens is 1. The Kier molecular flexibility index (Phi) is 13.6. The smallest absolute Gasteiger partial charge is 0.305 e. The van der Waals surface area contributed by atoms with Crippen LogP contribution in [0, 0.1) is 0 Å². The largest absolute Gasteiger partial charge is 0.481 e. The summed E-state index contributed by atoms with van der Waals surface area (Å²) in [5, 5.41) is 22.9. The molecule has 1 aliphatic heterocycles. The molecule has 57 heavy (non-hydrogen) atoms. The van der Waals surface area contributed by atoms with Crippen molar-refractivity contribution in [2.24, 2.45) is 22.2 Å². The van der Waals surface area contributed by atoms with Gasteiger partial charge in [0.1, 0.15) is 24.2 Å². The standard InChI is InChI=1S/C39H44N10O8/c40-34(53)28-17-24-19-44-33-25(11-5-12-26(24)33)22-9-4-10-23(16-22)35(54)47-27(13-6-14-43-39(41)42)36(55)45-20-31(50)46-30(18-32(51)52)38(57)49-29(37(56)48-28)15-21-7-2-1-3-8-21/h1-5,7-12,16,19,27-30,44H,6,13-15,17-18,20H2,(H2,40,53)(H,45,55)(H,46,50)(H,47,54)(H,48,56)(H,49,57)(H,51,52)(H4,41,42,43)/t27-,28-,29+,30-/m0/s1. The van der Waals surface area contributed by atoms with Crippen LogP contribution in [-0.2, 0) is 41.6 Å². The number of primary amides is 1. The SMILES string of the molecule is NC(=O)[C@@H]1Cc2c[nH]c3c(cccc23)-c2cccc(c2)C(=O)N[C@@H](CCCN=C(N)N)C(=O)NCC(=O)N[C@@H](CC(=O)O)C(=O)N[C@H](Cc2ccccc2)C(=O)N1. The Balaban J connectivity index is 1.54. The van der Waals surface area contributed by atoms with Gasteiger partial charge in [0.15, 0.2) is 5.96 Å². The van der Waals surface area contributed by atoms with Crippen LogP contribution in [0.2, 0.25) is 0 Å². The molecule has 6 bridgehead atoms. The van der Waals surface area contributed by atoms with E-state index in [0.717, 1.165) is 0 Å². The number of rotatable bonds is 9. The number of nitrogens with one attached hydrogen (secondary N) is 6. The summed E-state index contributed by atoms with van der Waals surface area (Å²) in [5.41, 5.74) is 20.2. The summed E-state index contributed by atoms with van der Waals surface area (Å²) < 4.78 is 0. The maximum absolute atomic E-state index is 13.9. The van der Waals surface area contributed by atoms with E-state index in [1.807, 2.05) is 12.1 Å². The van der Waals surface area contributed by atoms with Gasteiger partial charge >= 0.3 is 5.97 Å². The Hall–Kier alpha value is -7.24. The van der Waals surface area contributed by atoms with E-state index in [-0.39, 0.29) is 43.8 Å². The number of amides is 6. The van der Waals surface area contributed by atoms with Gasteiger partial charge in [0.25, 0.3) is 5.91 Å². The van der Waals surface area contributed by atoms with Crippen molar-refractivity contribution in [2.45, 2.75) is 56.3 Å². The monoisotopic (exact) mass is 780 g/mol. The number of para-hydroxylation sites is 1. The number of hydrogen-bond donors (Lipinski definition) is 10. The number of aliphatic carboxylic acids is 1. The van der Waals surface area contributed by atoms with Crippen LogP contribution >= 0.6 is 0 Å². The number of aliphatic imine (C=N–C) groups is 1. The Morgan fingerprint density at radius 3 is 2.21 bits per heavy atom. The highest BCUT2D eigenvalue weighted by atomic mass is 16.4. The van der Waals surface area contributed by atoms with Gasteiger partial charge in [0.05, 0.1) is 18.5 Å². The zero-order valence-corrected chi connectivity index (χ0v) is 30.7. The number of nitrogens with two attached hydrogens (primary N) is 3. The third-order valence-corrected chi connectivity index (χ3v) is 9.26. The molecule has 18 nitrogen and oxygen atoms in total. The molecule has 13 N–H and O–H groups in total. The molecule has 4 aromatic rings. The molecule has 6 amide bonds. The zero-order valence-electron chi connectivity index (χ0n) is 30.7. The number of aromatic amines is 1. The summed E-state index contributed by atoms with van der Waals surface area (Å²) in [6.07, 6.45) is 1.04. The first kappa shape index (κ1) is 40.9. The molecule has 0 saturated carbocycles. The molecule has 5 rings (SSSR count). The fourth-order valence-electron chi connectivity index (χ4n) is 6.43. The second-order valence-corrected chi connectivity index (χ2v) is 13.5. The quantitative estimate of drug-likeness (QED) is 0.0580. The van der Waals surface area contributed by atoms with Gasteiger partial charge in [-0.1, -0.05) is 60.7 Å². The van der Waals surface area contributed by atoms with Crippen LogP contribution in [0.5, 0.6) is 0 Å². The topological polar surface area (TPSA) is 306 Å². The van der Waals surface area contributed by atoms with E-state index >= 15 is 0 Å². The van der Waals surface area contributed by atoms with Crippen LogP contribution in [-0.4, -0.2) is 94.7 Å². The number of carbonyl (C=O) groups is 7. The van der Waals surface area contributed by atoms with Gasteiger partial charge in [-0.05, 0) is 41.7 Å². The van der Waals surface area contributed by atoms with E-state index in [1.54, 1.807) is 66.9 Å². The summed E-state index contributed by atoms with van der Waals surface area (Å²) in [6.45, 7) is -0.552. The van der Waals surface area contributed by atoms with E-state index < -0.39 is 78.5 Å². The van der Waals surface area contributed by atoms with Crippen molar-refractivity contribution >= 4 is 58.3 Å². The highest BCUT2D eigenvalue weighted by Gasteiger charge is 2.31. The van der Waals surface area contributed by atoms with Gasteiger partial charge in [0, 0.05) is 42.1 Å². The fourth-order valence-corrected chi connectivity index (χ4v) is 6.43. The Morgan fingerprint density at radius 1 is 0.772 bits per heavy atom. The van der Waals surface area contributed by atoms with Crippen molar-refractivity contribution in [1.29, 1.82) is 0 Å². The third-order valence-electron chi connectivity index (χ3n) is 9.26. The first-order valence-electron chi connectivity index (χ1n) is 18.1. The van der Waals surface area contributed by atoms with E-state index in [4.69, 9.17) is 17.2 Å². The van der Waals surface area contributed by atoms with Crippen LogP contribution in [0.1, 0.15) is 40.7 Å².